The van der Waals surface area contributed by atoms with Crippen LogP contribution in [0, 0.1) is 18.7 Å². The highest BCUT2D eigenvalue weighted by Crippen LogP contribution is 2.24. The van der Waals surface area contributed by atoms with Gasteiger partial charge in [0.1, 0.15) is 5.82 Å². The molecule has 0 radical (unpaired) electrons. The van der Waals surface area contributed by atoms with Crippen molar-refractivity contribution in [3.8, 4) is 0 Å². The topological polar surface area (TPSA) is 75.7 Å². The summed E-state index contributed by atoms with van der Waals surface area (Å²) in [6.07, 6.45) is 0.631. The molecule has 1 atom stereocenters. The minimum Gasteiger partial charge on any atom is -0.448 e. The number of ether oxygens (including phenoxy) is 1. The summed E-state index contributed by atoms with van der Waals surface area (Å²) in [4.78, 5) is 39.2. The number of carbonyl (C=O) groups excluding carboxylic acids is 3. The highest BCUT2D eigenvalue weighted by atomic mass is 19.1. The molecule has 2 aliphatic rings. The molecule has 2 amide bonds. The van der Waals surface area contributed by atoms with Gasteiger partial charge in [-0.1, -0.05) is 30.3 Å². The first-order valence-electron chi connectivity index (χ1n) is 10.5. The molecule has 0 saturated carbocycles. The Hall–Kier alpha value is -3.22. The average Bonchev–Trinajstić information content (AvgIpc) is 2.79. The Kier molecular flexibility index (Phi) is 6.02. The minimum absolute atomic E-state index is 0.0916. The SMILES string of the molecule is Cc1ccc(CNC(=O)C2CCN(C(=O)C3Cc4ccccc4C(=O)O3)CC2)cc1F. The molecule has 0 aromatic heterocycles. The fourth-order valence-electron chi connectivity index (χ4n) is 4.11. The molecule has 0 spiro atoms. The summed E-state index contributed by atoms with van der Waals surface area (Å²) in [5.74, 6) is -1.26. The Morgan fingerprint density at radius 3 is 2.65 bits per heavy atom. The summed E-state index contributed by atoms with van der Waals surface area (Å²) >= 11 is 0. The normalized spacial score (nSPS) is 18.8. The smallest absolute Gasteiger partial charge is 0.339 e. The quantitative estimate of drug-likeness (QED) is 0.766. The molecular formula is C24H25FN2O4. The lowest BCUT2D eigenvalue weighted by atomic mass is 9.94. The first kappa shape index (κ1) is 21.0. The van der Waals surface area contributed by atoms with Gasteiger partial charge < -0.3 is 15.0 Å². The zero-order valence-corrected chi connectivity index (χ0v) is 17.4. The molecule has 2 aliphatic heterocycles. The fraction of sp³-hybridized carbons (Fsp3) is 0.375. The number of carbonyl (C=O) groups is 3. The first-order valence-corrected chi connectivity index (χ1v) is 10.5. The third-order valence-electron chi connectivity index (χ3n) is 6.05. The van der Waals surface area contributed by atoms with Gasteiger partial charge in [-0.05, 0) is 48.6 Å². The maximum absolute atomic E-state index is 13.7. The molecule has 2 heterocycles. The summed E-state index contributed by atoms with van der Waals surface area (Å²) in [5, 5.41) is 2.86. The van der Waals surface area contributed by atoms with Gasteiger partial charge in [-0.2, -0.15) is 0 Å². The van der Waals surface area contributed by atoms with Gasteiger partial charge in [-0.15, -0.1) is 0 Å². The number of aryl methyl sites for hydroxylation is 1. The zero-order chi connectivity index (χ0) is 22.0. The Balaban J connectivity index is 1.28. The number of nitrogens with zero attached hydrogens (tertiary/aromatic N) is 1. The standard InChI is InChI=1S/C24H25FN2O4/c1-15-6-7-16(12-20(15)25)14-26-22(28)17-8-10-27(11-9-17)23(29)21-13-18-4-2-3-5-19(18)24(30)31-21/h2-7,12,17,21H,8-11,13-14H2,1H3,(H,26,28). The van der Waals surface area contributed by atoms with Gasteiger partial charge in [0, 0.05) is 32.0 Å². The van der Waals surface area contributed by atoms with Crippen LogP contribution in [-0.4, -0.2) is 41.9 Å². The molecule has 1 N–H and O–H groups in total. The molecule has 162 valence electrons. The van der Waals surface area contributed by atoms with Crippen molar-refractivity contribution < 1.29 is 23.5 Å². The van der Waals surface area contributed by atoms with Crippen molar-refractivity contribution >= 4 is 17.8 Å². The second-order valence-electron chi connectivity index (χ2n) is 8.16. The Morgan fingerprint density at radius 1 is 1.16 bits per heavy atom. The van der Waals surface area contributed by atoms with E-state index < -0.39 is 12.1 Å². The van der Waals surface area contributed by atoms with Crippen LogP contribution in [0.2, 0.25) is 0 Å². The number of piperidine rings is 1. The third kappa shape index (κ3) is 4.60. The number of hydrogen-bond acceptors (Lipinski definition) is 4. The van der Waals surface area contributed by atoms with Gasteiger partial charge in [-0.25, -0.2) is 9.18 Å². The van der Waals surface area contributed by atoms with Crippen LogP contribution in [-0.2, 0) is 27.3 Å². The number of likely N-dealkylation sites (tertiary alicyclic amines) is 1. The van der Waals surface area contributed by atoms with Crippen molar-refractivity contribution in [2.45, 2.75) is 38.8 Å². The van der Waals surface area contributed by atoms with E-state index in [0.717, 1.165) is 5.56 Å². The first-order chi connectivity index (χ1) is 14.9. The van der Waals surface area contributed by atoms with Gasteiger partial charge >= 0.3 is 5.97 Å². The van der Waals surface area contributed by atoms with Crippen LogP contribution < -0.4 is 5.32 Å². The fourth-order valence-corrected chi connectivity index (χ4v) is 4.11. The van der Waals surface area contributed by atoms with Crippen LogP contribution in [0.15, 0.2) is 42.5 Å². The molecule has 2 aromatic rings. The molecular weight excluding hydrogens is 399 g/mol. The number of cyclic esters (lactones) is 1. The summed E-state index contributed by atoms with van der Waals surface area (Å²) in [7, 11) is 0. The second-order valence-corrected chi connectivity index (χ2v) is 8.16. The molecule has 0 aliphatic carbocycles. The van der Waals surface area contributed by atoms with Crippen molar-refractivity contribution in [3.05, 3.63) is 70.5 Å². The van der Waals surface area contributed by atoms with E-state index in [1.807, 2.05) is 12.1 Å². The Labute approximate surface area is 180 Å². The molecule has 1 fully saturated rings. The highest BCUT2D eigenvalue weighted by Gasteiger charge is 2.36. The van der Waals surface area contributed by atoms with Gasteiger partial charge in [0.2, 0.25) is 5.91 Å². The van der Waals surface area contributed by atoms with E-state index in [1.54, 1.807) is 36.1 Å². The van der Waals surface area contributed by atoms with E-state index in [-0.39, 0.29) is 30.1 Å². The predicted octanol–water partition coefficient (Wildman–Crippen LogP) is 2.77. The third-order valence-corrected chi connectivity index (χ3v) is 6.05. The zero-order valence-electron chi connectivity index (χ0n) is 17.4. The molecule has 4 rings (SSSR count). The van der Waals surface area contributed by atoms with Crippen molar-refractivity contribution in [1.29, 1.82) is 0 Å². The van der Waals surface area contributed by atoms with E-state index in [0.29, 0.717) is 49.0 Å². The number of hydrogen-bond donors (Lipinski definition) is 1. The molecule has 0 bridgehead atoms. The molecule has 1 saturated heterocycles. The number of esters is 1. The Morgan fingerprint density at radius 2 is 1.90 bits per heavy atom. The van der Waals surface area contributed by atoms with E-state index in [4.69, 9.17) is 4.74 Å². The van der Waals surface area contributed by atoms with Crippen LogP contribution in [0.1, 0.15) is 39.9 Å². The van der Waals surface area contributed by atoms with Crippen molar-refractivity contribution in [3.63, 3.8) is 0 Å². The van der Waals surface area contributed by atoms with E-state index in [9.17, 15) is 18.8 Å². The lowest BCUT2D eigenvalue weighted by molar-refractivity contribution is -0.144. The lowest BCUT2D eigenvalue weighted by Crippen LogP contribution is -2.49. The number of halogens is 1. The van der Waals surface area contributed by atoms with Crippen molar-refractivity contribution in [2.24, 2.45) is 5.92 Å². The molecule has 1 unspecified atom stereocenters. The highest BCUT2D eigenvalue weighted by molar-refractivity contribution is 5.95. The lowest BCUT2D eigenvalue weighted by Gasteiger charge is -2.34. The molecule has 2 aromatic carbocycles. The summed E-state index contributed by atoms with van der Waals surface area (Å²) in [5.41, 5.74) is 2.61. The van der Waals surface area contributed by atoms with Gasteiger partial charge in [-0.3, -0.25) is 9.59 Å². The number of nitrogens with one attached hydrogen (secondary N) is 1. The van der Waals surface area contributed by atoms with E-state index in [2.05, 4.69) is 5.32 Å². The van der Waals surface area contributed by atoms with Gasteiger partial charge in [0.05, 0.1) is 5.56 Å². The molecule has 31 heavy (non-hydrogen) atoms. The van der Waals surface area contributed by atoms with Crippen LogP contribution in [0.5, 0.6) is 0 Å². The van der Waals surface area contributed by atoms with Crippen LogP contribution in [0.3, 0.4) is 0 Å². The Bertz CT molecular complexity index is 1010. The van der Waals surface area contributed by atoms with Gasteiger partial charge in [0.15, 0.2) is 6.10 Å². The van der Waals surface area contributed by atoms with Crippen molar-refractivity contribution in [2.75, 3.05) is 13.1 Å². The minimum atomic E-state index is -0.816. The number of fused-ring (bicyclic) bond motifs is 1. The monoisotopic (exact) mass is 424 g/mol. The maximum atomic E-state index is 13.7. The van der Waals surface area contributed by atoms with Crippen LogP contribution in [0.4, 0.5) is 4.39 Å². The van der Waals surface area contributed by atoms with Crippen LogP contribution in [0.25, 0.3) is 0 Å². The number of amides is 2. The number of benzene rings is 2. The van der Waals surface area contributed by atoms with Crippen LogP contribution >= 0.6 is 0 Å². The number of rotatable bonds is 4. The summed E-state index contributed by atoms with van der Waals surface area (Å²) in [6, 6.07) is 12.1. The van der Waals surface area contributed by atoms with Crippen molar-refractivity contribution in [1.82, 2.24) is 10.2 Å². The summed E-state index contributed by atoms with van der Waals surface area (Å²) in [6.45, 7) is 2.84. The summed E-state index contributed by atoms with van der Waals surface area (Å²) < 4.78 is 19.0. The van der Waals surface area contributed by atoms with E-state index in [1.165, 1.54) is 6.07 Å². The van der Waals surface area contributed by atoms with E-state index >= 15 is 0 Å². The molecule has 6 nitrogen and oxygen atoms in total. The largest absolute Gasteiger partial charge is 0.448 e. The van der Waals surface area contributed by atoms with Gasteiger partial charge in [0.25, 0.3) is 5.91 Å². The average molecular weight is 424 g/mol. The predicted molar refractivity (Wildman–Crippen MR) is 112 cm³/mol. The molecule has 7 heteroatoms. The maximum Gasteiger partial charge on any atom is 0.339 e. The second kappa shape index (κ2) is 8.88.